The number of amides is 1. The fourth-order valence-electron chi connectivity index (χ4n) is 4.08. The normalized spacial score (nSPS) is 24.1. The average molecular weight is 402 g/mol. The van der Waals surface area contributed by atoms with Crippen LogP contribution in [0.3, 0.4) is 0 Å². The van der Waals surface area contributed by atoms with Crippen LogP contribution in [0.25, 0.3) is 0 Å². The van der Waals surface area contributed by atoms with Crippen LogP contribution in [-0.2, 0) is 16.1 Å². The van der Waals surface area contributed by atoms with E-state index in [9.17, 15) is 4.79 Å². The van der Waals surface area contributed by atoms with Gasteiger partial charge in [-0.3, -0.25) is 14.7 Å². The lowest BCUT2D eigenvalue weighted by molar-refractivity contribution is -0.131. The molecule has 2 atom stereocenters. The zero-order chi connectivity index (χ0) is 19.4. The first-order valence-electron chi connectivity index (χ1n) is 9.52. The maximum atomic E-state index is 13.0. The van der Waals surface area contributed by atoms with Crippen molar-refractivity contribution in [3.8, 4) is 5.75 Å². The Morgan fingerprint density at radius 1 is 1.36 bits per heavy atom. The highest BCUT2D eigenvalue weighted by molar-refractivity contribution is 6.31. The molecule has 4 rings (SSSR count). The number of carbonyl (C=O) groups excluding carboxylic acids is 1. The summed E-state index contributed by atoms with van der Waals surface area (Å²) in [5.41, 5.74) is 0.538. The molecular formula is C21H24ClN3O3. The van der Waals surface area contributed by atoms with Gasteiger partial charge in [0.2, 0.25) is 5.91 Å². The van der Waals surface area contributed by atoms with Crippen molar-refractivity contribution in [1.82, 2.24) is 15.2 Å². The summed E-state index contributed by atoms with van der Waals surface area (Å²) in [5.74, 6) is 1.05. The monoisotopic (exact) mass is 401 g/mol. The molecule has 3 heterocycles. The number of ether oxygens (including phenoxy) is 2. The molecule has 2 saturated heterocycles. The predicted molar refractivity (Wildman–Crippen MR) is 106 cm³/mol. The molecule has 0 aliphatic carbocycles. The van der Waals surface area contributed by atoms with Gasteiger partial charge >= 0.3 is 0 Å². The Hall–Kier alpha value is -2.15. The summed E-state index contributed by atoms with van der Waals surface area (Å²) in [6, 6.07) is 11.5. The minimum absolute atomic E-state index is 0.0509. The number of para-hydroxylation sites is 1. The Bertz CT molecular complexity index is 820. The van der Waals surface area contributed by atoms with Crippen molar-refractivity contribution in [2.24, 2.45) is 11.3 Å². The van der Waals surface area contributed by atoms with Crippen LogP contribution in [-0.4, -0.2) is 55.2 Å². The molecule has 28 heavy (non-hydrogen) atoms. The van der Waals surface area contributed by atoms with E-state index in [0.29, 0.717) is 44.5 Å². The molecule has 148 valence electrons. The molecule has 2 aromatic rings. The minimum Gasteiger partial charge on any atom is -0.492 e. The Kier molecular flexibility index (Phi) is 5.80. The van der Waals surface area contributed by atoms with Gasteiger partial charge in [-0.25, -0.2) is 0 Å². The van der Waals surface area contributed by atoms with E-state index in [2.05, 4.69) is 15.2 Å². The second kappa shape index (κ2) is 8.47. The lowest BCUT2D eigenvalue weighted by Gasteiger charge is -2.26. The summed E-state index contributed by atoms with van der Waals surface area (Å²) in [4.78, 5) is 19.3. The fourth-order valence-corrected chi connectivity index (χ4v) is 4.26. The fraction of sp³-hybridized carbons (Fsp3) is 0.429. The molecule has 0 saturated carbocycles. The van der Waals surface area contributed by atoms with E-state index in [4.69, 9.17) is 21.1 Å². The molecule has 2 fully saturated rings. The van der Waals surface area contributed by atoms with Gasteiger partial charge < -0.3 is 14.8 Å². The number of hydrogen-bond donors (Lipinski definition) is 1. The smallest absolute Gasteiger partial charge is 0.230 e. The first-order valence-corrected chi connectivity index (χ1v) is 9.90. The van der Waals surface area contributed by atoms with Gasteiger partial charge in [-0.2, -0.15) is 0 Å². The van der Waals surface area contributed by atoms with E-state index in [1.165, 1.54) is 0 Å². The number of hydrogen-bond acceptors (Lipinski definition) is 5. The van der Waals surface area contributed by atoms with Crippen molar-refractivity contribution in [3.05, 3.63) is 59.4 Å². The third-order valence-electron chi connectivity index (χ3n) is 5.55. The van der Waals surface area contributed by atoms with E-state index >= 15 is 0 Å². The third-order valence-corrected chi connectivity index (χ3v) is 5.89. The van der Waals surface area contributed by atoms with Crippen molar-refractivity contribution in [3.63, 3.8) is 0 Å². The van der Waals surface area contributed by atoms with Crippen LogP contribution >= 0.6 is 11.6 Å². The highest BCUT2D eigenvalue weighted by Gasteiger charge is 2.55. The summed E-state index contributed by atoms with van der Waals surface area (Å²) in [6.07, 6.45) is 3.41. The van der Waals surface area contributed by atoms with Crippen LogP contribution in [0, 0.1) is 11.3 Å². The standard InChI is InChI=1S/C21H24ClN3O3/c22-19-10-23-7-6-16(19)11-25-12-17-13-27-15-21(17,14-25)20(26)24-8-9-28-18-4-2-1-3-5-18/h1-7,10,17H,8-9,11-15H2,(H,24,26)/t17-,21-/m1/s1. The van der Waals surface area contributed by atoms with Gasteiger partial charge in [-0.15, -0.1) is 0 Å². The van der Waals surface area contributed by atoms with Crippen LogP contribution in [0.2, 0.25) is 5.02 Å². The Labute approximate surface area is 169 Å². The van der Waals surface area contributed by atoms with Crippen molar-refractivity contribution in [2.45, 2.75) is 6.54 Å². The van der Waals surface area contributed by atoms with Gasteiger partial charge in [0.15, 0.2) is 0 Å². The zero-order valence-corrected chi connectivity index (χ0v) is 16.4. The first-order chi connectivity index (χ1) is 13.7. The first kappa shape index (κ1) is 19.2. The summed E-state index contributed by atoms with van der Waals surface area (Å²) in [5, 5.41) is 3.71. The van der Waals surface area contributed by atoms with E-state index in [1.54, 1.807) is 12.4 Å². The number of nitrogens with zero attached hydrogens (tertiary/aromatic N) is 2. The van der Waals surface area contributed by atoms with E-state index in [1.807, 2.05) is 36.4 Å². The van der Waals surface area contributed by atoms with E-state index < -0.39 is 5.41 Å². The lowest BCUT2D eigenvalue weighted by atomic mass is 9.80. The number of halogens is 1. The largest absolute Gasteiger partial charge is 0.492 e. The molecule has 0 unspecified atom stereocenters. The number of pyridine rings is 1. The molecule has 6 nitrogen and oxygen atoms in total. The Morgan fingerprint density at radius 3 is 3.04 bits per heavy atom. The predicted octanol–water partition coefficient (Wildman–Crippen LogP) is 2.38. The number of carbonyl (C=O) groups is 1. The Morgan fingerprint density at radius 2 is 2.21 bits per heavy atom. The summed E-state index contributed by atoms with van der Waals surface area (Å²) in [6.45, 7) is 4.20. The number of aromatic nitrogens is 1. The number of nitrogens with one attached hydrogen (secondary N) is 1. The molecule has 1 N–H and O–H groups in total. The van der Waals surface area contributed by atoms with Gasteiger partial charge in [0.05, 0.1) is 30.2 Å². The SMILES string of the molecule is O=C(NCCOc1ccccc1)[C@]12COC[C@H]1CN(Cc1ccncc1Cl)C2. The topological polar surface area (TPSA) is 63.7 Å². The number of likely N-dealkylation sites (tertiary alicyclic amines) is 1. The van der Waals surface area contributed by atoms with E-state index in [-0.39, 0.29) is 11.8 Å². The summed E-state index contributed by atoms with van der Waals surface area (Å²) < 4.78 is 11.3. The summed E-state index contributed by atoms with van der Waals surface area (Å²) >= 11 is 6.25. The molecule has 0 radical (unpaired) electrons. The molecule has 1 aromatic carbocycles. The van der Waals surface area contributed by atoms with Crippen LogP contribution in [0.1, 0.15) is 5.56 Å². The highest BCUT2D eigenvalue weighted by Crippen LogP contribution is 2.42. The minimum atomic E-state index is -0.494. The number of rotatable bonds is 7. The third kappa shape index (κ3) is 3.99. The molecule has 2 aliphatic heterocycles. The maximum Gasteiger partial charge on any atom is 0.230 e. The van der Waals surface area contributed by atoms with E-state index in [0.717, 1.165) is 17.9 Å². The van der Waals surface area contributed by atoms with Crippen LogP contribution in [0.5, 0.6) is 5.75 Å². The maximum absolute atomic E-state index is 13.0. The second-order valence-corrected chi connectivity index (χ2v) is 7.83. The molecule has 2 aliphatic rings. The van der Waals surface area contributed by atoms with Gasteiger partial charge in [-0.1, -0.05) is 29.8 Å². The van der Waals surface area contributed by atoms with Crippen molar-refractivity contribution < 1.29 is 14.3 Å². The number of benzene rings is 1. The van der Waals surface area contributed by atoms with Gasteiger partial charge in [0.1, 0.15) is 12.4 Å². The van der Waals surface area contributed by atoms with Crippen molar-refractivity contribution in [1.29, 1.82) is 0 Å². The molecular weight excluding hydrogens is 378 g/mol. The quantitative estimate of drug-likeness (QED) is 0.722. The second-order valence-electron chi connectivity index (χ2n) is 7.42. The summed E-state index contributed by atoms with van der Waals surface area (Å²) in [7, 11) is 0. The Balaban J connectivity index is 1.33. The van der Waals surface area contributed by atoms with Gasteiger partial charge in [0, 0.05) is 37.9 Å². The number of fused-ring (bicyclic) bond motifs is 1. The van der Waals surface area contributed by atoms with Gasteiger partial charge in [0.25, 0.3) is 0 Å². The van der Waals surface area contributed by atoms with Crippen LogP contribution in [0.15, 0.2) is 48.8 Å². The molecule has 1 aromatic heterocycles. The lowest BCUT2D eigenvalue weighted by Crippen LogP contribution is -2.47. The van der Waals surface area contributed by atoms with Gasteiger partial charge in [-0.05, 0) is 23.8 Å². The zero-order valence-electron chi connectivity index (χ0n) is 15.6. The molecule has 0 spiro atoms. The van der Waals surface area contributed by atoms with Crippen molar-refractivity contribution >= 4 is 17.5 Å². The van der Waals surface area contributed by atoms with Crippen LogP contribution < -0.4 is 10.1 Å². The molecule has 0 bridgehead atoms. The average Bonchev–Trinajstić information content (AvgIpc) is 3.26. The molecule has 1 amide bonds. The highest BCUT2D eigenvalue weighted by atomic mass is 35.5. The molecule has 7 heteroatoms. The van der Waals surface area contributed by atoms with Crippen LogP contribution in [0.4, 0.5) is 0 Å². The van der Waals surface area contributed by atoms with Crippen molar-refractivity contribution in [2.75, 3.05) is 39.5 Å².